The first-order chi connectivity index (χ1) is 20.9. The van der Waals surface area contributed by atoms with Crippen molar-refractivity contribution in [2.75, 3.05) is 11.9 Å². The minimum absolute atomic E-state index is 0. The molecule has 45 heavy (non-hydrogen) atoms. The summed E-state index contributed by atoms with van der Waals surface area (Å²) in [6, 6.07) is 20.8. The van der Waals surface area contributed by atoms with E-state index in [1.807, 2.05) is 39.2 Å². The minimum Gasteiger partial charge on any atom is -0.541 e. The van der Waals surface area contributed by atoms with Crippen LogP contribution in [0.15, 0.2) is 72.9 Å². The van der Waals surface area contributed by atoms with E-state index in [1.54, 1.807) is 45.0 Å². The fourth-order valence-electron chi connectivity index (χ4n) is 4.09. The molecule has 0 aliphatic rings. The van der Waals surface area contributed by atoms with E-state index in [0.29, 0.717) is 40.7 Å². The molecule has 0 unspecified atom stereocenters. The van der Waals surface area contributed by atoms with E-state index in [1.165, 1.54) is 17.7 Å². The molecule has 3 aromatic rings. The number of carbonyl (C=O) groups excluding carboxylic acids is 2. The standard InChI is InChI=1S/C20H25NO2.C12H14FNO.C3H7N.C2H6.K/c1-3-7-15(8-4-2)18-9-5-6-10-19(18)23-17-13-11-16(12-14-17)20(21)22;1-4-14-11-6-9(5-10(13)7-11)12(2,3)8-15;1-3(2)4;1-2;/h5-6,9-15H,3-4,7-8H2,1-2H3,(H2,21,22);5,7,14H,4H2,1-3H3;1,4H2,2H3;1-2H3;/q;-2;;;+1. The molecule has 0 bridgehead atoms. The van der Waals surface area contributed by atoms with Crippen LogP contribution in [0, 0.1) is 11.9 Å². The number of hydrogen-bond acceptors (Lipinski definition) is 5. The van der Waals surface area contributed by atoms with Gasteiger partial charge >= 0.3 is 51.4 Å². The summed E-state index contributed by atoms with van der Waals surface area (Å²) in [4.78, 5) is 21.9. The Morgan fingerprint density at radius 2 is 1.56 bits per heavy atom. The summed E-state index contributed by atoms with van der Waals surface area (Å²) in [5.41, 5.74) is 12.8. The molecular weight excluding hydrogens is 593 g/mol. The van der Waals surface area contributed by atoms with E-state index < -0.39 is 11.3 Å². The number of anilines is 1. The van der Waals surface area contributed by atoms with Crippen LogP contribution in [0.3, 0.4) is 0 Å². The fourth-order valence-corrected chi connectivity index (χ4v) is 4.09. The number of primary amides is 1. The Bertz CT molecular complexity index is 1270. The van der Waals surface area contributed by atoms with Crippen molar-refractivity contribution in [3.05, 3.63) is 102 Å². The number of nitrogens with one attached hydrogen (secondary N) is 1. The molecule has 1 amide bonds. The summed E-state index contributed by atoms with van der Waals surface area (Å²) in [5, 5.41) is 2.96. The monoisotopic (exact) mass is 644 g/mol. The average Bonchev–Trinajstić information content (AvgIpc) is 2.99. The van der Waals surface area contributed by atoms with Crippen LogP contribution in [0.5, 0.6) is 11.5 Å². The topological polar surface area (TPSA) is 107 Å². The summed E-state index contributed by atoms with van der Waals surface area (Å²) in [6.07, 6.45) is 6.52. The number of amides is 1. The first-order valence-electron chi connectivity index (χ1n) is 15.3. The zero-order valence-electron chi connectivity index (χ0n) is 28.9. The first kappa shape index (κ1) is 44.6. The van der Waals surface area contributed by atoms with Crippen molar-refractivity contribution in [3.63, 3.8) is 0 Å². The SMILES string of the molecule is C=C(C)N.CC.CCCC(CCC)c1ccccc1Oc1ccc(C(N)=O)cc1.CCNc1[c-]c(C(C)(C)[C-]=O)cc(F)c1.[K+]. The van der Waals surface area contributed by atoms with Gasteiger partial charge in [-0.2, -0.15) is 11.6 Å². The Kier molecular flexibility index (Phi) is 24.5. The molecule has 0 aliphatic heterocycles. The number of halogens is 1. The van der Waals surface area contributed by atoms with Crippen molar-refractivity contribution in [1.82, 2.24) is 0 Å². The summed E-state index contributed by atoms with van der Waals surface area (Å²) in [7, 11) is 0. The molecule has 0 saturated heterocycles. The molecule has 3 rings (SSSR count). The van der Waals surface area contributed by atoms with Crippen LogP contribution in [-0.2, 0) is 10.2 Å². The number of benzene rings is 3. The van der Waals surface area contributed by atoms with Crippen LogP contribution in [0.4, 0.5) is 10.1 Å². The second kappa shape index (κ2) is 24.7. The van der Waals surface area contributed by atoms with Crippen LogP contribution in [0.2, 0.25) is 0 Å². The van der Waals surface area contributed by atoms with Gasteiger partial charge in [0.1, 0.15) is 11.5 Å². The molecule has 0 radical (unpaired) electrons. The predicted molar refractivity (Wildman–Crippen MR) is 183 cm³/mol. The van der Waals surface area contributed by atoms with Gasteiger partial charge in [-0.3, -0.25) is 11.1 Å². The van der Waals surface area contributed by atoms with E-state index >= 15 is 0 Å². The fraction of sp³-hybridized carbons (Fsp3) is 0.405. The number of nitrogens with two attached hydrogens (primary N) is 2. The maximum atomic E-state index is 13.2. The van der Waals surface area contributed by atoms with Crippen molar-refractivity contribution in [3.8, 4) is 11.5 Å². The minimum atomic E-state index is -0.827. The van der Waals surface area contributed by atoms with Gasteiger partial charge in [-0.05, 0) is 74.2 Å². The largest absolute Gasteiger partial charge is 1.00 e. The Morgan fingerprint density at radius 3 is 2.02 bits per heavy atom. The molecule has 0 aromatic heterocycles. The van der Waals surface area contributed by atoms with Crippen molar-refractivity contribution >= 4 is 17.9 Å². The van der Waals surface area contributed by atoms with E-state index in [9.17, 15) is 14.0 Å². The van der Waals surface area contributed by atoms with Gasteiger partial charge < -0.3 is 26.3 Å². The van der Waals surface area contributed by atoms with E-state index in [2.05, 4.69) is 43.9 Å². The molecule has 8 heteroatoms. The van der Waals surface area contributed by atoms with Crippen molar-refractivity contribution in [2.45, 2.75) is 92.4 Å². The molecule has 3 aromatic carbocycles. The molecular formula is C37H52FKN3O3-. The van der Waals surface area contributed by atoms with Gasteiger partial charge in [-0.1, -0.05) is 84.8 Å². The van der Waals surface area contributed by atoms with Crippen LogP contribution < -0.4 is 72.9 Å². The second-order valence-electron chi connectivity index (χ2n) is 10.5. The average molecular weight is 645 g/mol. The molecule has 0 atom stereocenters. The molecule has 0 aliphatic carbocycles. The van der Waals surface area contributed by atoms with Crippen LogP contribution in [0.1, 0.15) is 108 Å². The van der Waals surface area contributed by atoms with Gasteiger partial charge in [-0.15, -0.1) is 17.5 Å². The van der Waals surface area contributed by atoms with E-state index in [0.717, 1.165) is 31.4 Å². The molecule has 0 heterocycles. The van der Waals surface area contributed by atoms with Gasteiger partial charge in [0, 0.05) is 17.9 Å². The van der Waals surface area contributed by atoms with Crippen LogP contribution in [-0.4, -0.2) is 18.7 Å². The molecule has 6 nitrogen and oxygen atoms in total. The van der Waals surface area contributed by atoms with Gasteiger partial charge in [0.05, 0.1) is 0 Å². The molecule has 0 saturated carbocycles. The molecule has 242 valence electrons. The zero-order valence-corrected chi connectivity index (χ0v) is 32.0. The molecule has 0 spiro atoms. The van der Waals surface area contributed by atoms with Crippen molar-refractivity contribution in [2.24, 2.45) is 11.5 Å². The van der Waals surface area contributed by atoms with E-state index in [4.69, 9.17) is 16.2 Å². The van der Waals surface area contributed by atoms with Gasteiger partial charge in [0.2, 0.25) is 5.91 Å². The number of para-hydroxylation sites is 1. The van der Waals surface area contributed by atoms with Crippen LogP contribution in [0.25, 0.3) is 0 Å². The number of rotatable bonds is 12. The predicted octanol–water partition coefficient (Wildman–Crippen LogP) is 6.22. The number of carbonyl (C=O) groups is 1. The number of ether oxygens (including phenoxy) is 1. The third-order valence-electron chi connectivity index (χ3n) is 6.13. The van der Waals surface area contributed by atoms with Gasteiger partial charge in [0.15, 0.2) is 0 Å². The maximum absolute atomic E-state index is 13.2. The maximum Gasteiger partial charge on any atom is 1.00 e. The summed E-state index contributed by atoms with van der Waals surface area (Å²) in [5.74, 6) is 1.33. The smallest absolute Gasteiger partial charge is 0.541 e. The first-order valence-corrected chi connectivity index (χ1v) is 15.3. The van der Waals surface area contributed by atoms with Crippen molar-refractivity contribution in [1.29, 1.82) is 0 Å². The Labute approximate surface area is 314 Å². The molecule has 0 fully saturated rings. The van der Waals surface area contributed by atoms with Crippen molar-refractivity contribution < 1.29 is 70.1 Å². The number of allylic oxidation sites excluding steroid dienone is 1. The number of hydrogen-bond donors (Lipinski definition) is 3. The Morgan fingerprint density at radius 1 is 1.02 bits per heavy atom. The molecule has 5 N–H and O–H groups in total. The normalized spacial score (nSPS) is 9.91. The second-order valence-corrected chi connectivity index (χ2v) is 10.5. The van der Waals surface area contributed by atoms with E-state index in [-0.39, 0.29) is 57.2 Å². The zero-order chi connectivity index (χ0) is 33.7. The van der Waals surface area contributed by atoms with Gasteiger partial charge in [-0.25, -0.2) is 4.39 Å². The Balaban J connectivity index is 0. The third-order valence-corrected chi connectivity index (χ3v) is 6.13. The van der Waals surface area contributed by atoms with Crippen LogP contribution >= 0.6 is 0 Å². The summed E-state index contributed by atoms with van der Waals surface area (Å²) in [6.45, 7) is 19.5. The third kappa shape index (κ3) is 17.7. The van der Waals surface area contributed by atoms with Gasteiger partial charge in [0.25, 0.3) is 0 Å². The summed E-state index contributed by atoms with van der Waals surface area (Å²) >= 11 is 0. The quantitative estimate of drug-likeness (QED) is 0.160. The Hall–Kier alpha value is -2.49. The summed E-state index contributed by atoms with van der Waals surface area (Å²) < 4.78 is 19.3.